The molecule has 25 atom stereocenters. The molecule has 6 bridgehead atoms. The molecule has 6 aromatic heterocycles. The fourth-order valence-corrected chi connectivity index (χ4v) is 20.3. The number of aliphatic hydroxyl groups is 1. The van der Waals surface area contributed by atoms with Gasteiger partial charge in [-0.05, 0) is 65.9 Å². The maximum atomic E-state index is 15.3. The molecule has 8 aliphatic heterocycles. The number of nitrogens with zero attached hydrogens (tertiary/aromatic N) is 8. The number of aromatic amines is 4. The number of ether oxygens (including phenoxy) is 8. The summed E-state index contributed by atoms with van der Waals surface area (Å²) in [6, 6.07) is 0. The topological polar surface area (TPSA) is 566 Å². The number of anilines is 2. The van der Waals surface area contributed by atoms with E-state index in [1.54, 1.807) is 13.8 Å². The molecule has 6 aromatic rings. The molecule has 7 unspecified atom stereocenters. The molecular formula is C57H70N14O29P4S4-4. The average molecular weight is 1670 g/mol. The third-order valence-corrected chi connectivity index (χ3v) is 26.4. The maximum absolute atomic E-state index is 15.3. The highest BCUT2D eigenvalue weighted by atomic mass is 32.7. The number of nitrogens with one attached hydrogen (secondary N) is 4. The van der Waals surface area contributed by atoms with Gasteiger partial charge in [0.15, 0.2) is 36.6 Å². The smallest absolute Gasteiger partial charge is 0.351 e. The van der Waals surface area contributed by atoms with E-state index in [1.807, 2.05) is 0 Å². The first kappa shape index (κ1) is 79.3. The molecule has 14 rings (SSSR count). The number of aliphatic hydroxyl groups excluding tert-OH is 1. The Hall–Kier alpha value is -5.40. The van der Waals surface area contributed by atoms with Gasteiger partial charge in [0.1, 0.15) is 91.2 Å². The number of hydrogen-bond acceptors (Lipinski definition) is 37. The van der Waals surface area contributed by atoms with Crippen LogP contribution < -0.4 is 66.3 Å². The number of fused-ring (bicyclic) bond motifs is 7. The summed E-state index contributed by atoms with van der Waals surface area (Å²) in [7, 11) is 0. The lowest BCUT2D eigenvalue weighted by molar-refractivity contribution is -0.237. The van der Waals surface area contributed by atoms with Gasteiger partial charge in [-0.2, -0.15) is 9.97 Å². The van der Waals surface area contributed by atoms with E-state index < -0.39 is 232 Å². The summed E-state index contributed by atoms with van der Waals surface area (Å²) in [6.45, 7) is -8.39. The summed E-state index contributed by atoms with van der Waals surface area (Å²) in [5.41, 5.74) is -0.480. The fraction of sp³-hybridized carbons (Fsp3) is 0.614. The van der Waals surface area contributed by atoms with Crippen molar-refractivity contribution in [1.82, 2.24) is 57.7 Å². The Morgan fingerprint density at radius 2 is 1.12 bits per heavy atom. The summed E-state index contributed by atoms with van der Waals surface area (Å²) >= 11 is 22.2. The van der Waals surface area contributed by atoms with Crippen molar-refractivity contribution in [3.05, 3.63) is 144 Å². The van der Waals surface area contributed by atoms with Crippen molar-refractivity contribution < 1.29 is 98.4 Å². The summed E-state index contributed by atoms with van der Waals surface area (Å²) in [6.07, 6.45) is -18.4. The molecule has 0 aromatic carbocycles. The van der Waals surface area contributed by atoms with Crippen molar-refractivity contribution >= 4 is 97.6 Å². The van der Waals surface area contributed by atoms with E-state index in [4.69, 9.17) is 133 Å². The molecule has 43 nitrogen and oxygen atoms in total. The monoisotopic (exact) mass is 1670 g/mol. The van der Waals surface area contributed by atoms with Crippen molar-refractivity contribution in [1.29, 1.82) is 0 Å². The van der Waals surface area contributed by atoms with E-state index in [0.29, 0.717) is 5.56 Å². The van der Waals surface area contributed by atoms with Crippen molar-refractivity contribution in [3.8, 4) is 0 Å². The summed E-state index contributed by atoms with van der Waals surface area (Å²) in [5, 5.41) is 11.7. The quantitative estimate of drug-likeness (QED) is 0.0157. The number of nitrogens with two attached hydrogens (primary N) is 2. The molecule has 51 heteroatoms. The second-order valence-electron chi connectivity index (χ2n) is 27.0. The van der Waals surface area contributed by atoms with Gasteiger partial charge in [-0.3, -0.25) is 71.0 Å². The zero-order valence-electron chi connectivity index (χ0n) is 57.5. The molecule has 10 N–H and O–H groups in total. The summed E-state index contributed by atoms with van der Waals surface area (Å²) < 4.78 is 119. The van der Waals surface area contributed by atoms with E-state index in [-0.39, 0.29) is 52.5 Å². The minimum Gasteiger partial charge on any atom is -0.780 e. The number of aryl methyl sites for hydroxylation is 4. The number of imidazole rings is 1. The van der Waals surface area contributed by atoms with Crippen LogP contribution in [-0.4, -0.2) is 190 Å². The summed E-state index contributed by atoms with van der Waals surface area (Å²) in [4.78, 5) is 166. The van der Waals surface area contributed by atoms with Crippen molar-refractivity contribution in [2.24, 2.45) is 0 Å². The molecule has 8 fully saturated rings. The molecule has 0 radical (unpaired) electrons. The standard InChI is InChI=1S/C57H73N14O29P4S4/c1-9-28-29(10-32(92-28)67-13-22(3)43(73)64-52(67)78)97-101(81,105)85-16-31-30(11-33(93-31)68-14-23(4)44(74)65-53(68)79)98-102(82,106)87-18-57-27(8)91-37(49(96-57)71-20-60-34-42(71)62-50(59)63-46(34)76)40(57)100-104(84,108)88-19-56-26(7)90-36(48(95-56)70-15-24(5)45(75)66-54(70)80)39(56)99-103(83,107)86-17-55-25(6)89-35(38(55)72)47(94-55)69-12-21(2)41(58)61-51(69)77/h12-15,20,25-33,35-40,47-49,72H,7,9-11,16-19H2,1-6,8H3,(H,81,105)(H,82,106)(H,83,107)(H,84,108)(H2,58,61,77)(H,64,73,78)(H,65,74,79)(H,66,75,80)(H3,59,62,63,76)/q-1/p-3/t25-,26-,27-,28+,29+,30+,31+,32+,33+,35?,36?,37?,38+,39+,40+,47+,48+,49+,55-,56-,57-,101?,102?,103?,104?/m0/s1. The van der Waals surface area contributed by atoms with Crippen LogP contribution in [0.2, 0.25) is 0 Å². The van der Waals surface area contributed by atoms with Crippen LogP contribution in [0.1, 0.15) is 93.4 Å². The average Bonchev–Trinajstić information content (AvgIpc) is 1.56. The Labute approximate surface area is 627 Å². The number of rotatable bonds is 26. The van der Waals surface area contributed by atoms with Gasteiger partial charge in [-0.1, -0.05) is 30.5 Å². The van der Waals surface area contributed by atoms with E-state index in [1.165, 1.54) is 57.8 Å². The number of hydrogen-bond donors (Lipinski definition) is 8. The van der Waals surface area contributed by atoms with Crippen LogP contribution >= 0.6 is 27.0 Å². The SMILES string of the molecule is [CH2-][C@@H]1OC2[C@H](n3cc(C)c(=O)[nH]c3=O)O[C@]1(COP([O-])(=S)O[C@@H]1C3O[C@@H](C)[C@]1(COP(=O)([S-])O[C@@H]1C[C@H](n4cc(C)c(=O)[nH]c4=O)O[C@@H]1COP([O-])(=S)O[C@@H]1C[C@H](n4cc(C)c(=O)[nH]c4=O)O[C@@H]1CC)O[C@H]3n1cnc3c(=O)[nH]c(N)nc31)[C@@H]2OP(O)(=S)OC[C@]12O[C@@H](n3cc(C)c(N)nc3=O)C(O[C@H]1C)[C@H]2O. The van der Waals surface area contributed by atoms with Gasteiger partial charge in [-0.25, -0.2) is 24.2 Å². The Kier molecular flexibility index (Phi) is 21.2. The van der Waals surface area contributed by atoms with E-state index in [9.17, 15) is 57.8 Å². The van der Waals surface area contributed by atoms with Crippen LogP contribution in [0.4, 0.5) is 11.8 Å². The highest BCUT2D eigenvalue weighted by Crippen LogP contribution is 2.62. The lowest BCUT2D eigenvalue weighted by Gasteiger charge is -2.43. The third-order valence-electron chi connectivity index (χ3n) is 20.2. The maximum Gasteiger partial charge on any atom is 0.351 e. The first-order chi connectivity index (χ1) is 50.7. The van der Waals surface area contributed by atoms with Crippen LogP contribution in [0.25, 0.3) is 11.2 Å². The van der Waals surface area contributed by atoms with Gasteiger partial charge in [0.25, 0.3) is 22.2 Å². The second kappa shape index (κ2) is 28.9. The van der Waals surface area contributed by atoms with Crippen LogP contribution in [0.5, 0.6) is 0 Å². The Morgan fingerprint density at radius 3 is 1.76 bits per heavy atom. The summed E-state index contributed by atoms with van der Waals surface area (Å²) in [5.74, 6) is -0.401. The molecule has 0 spiro atoms. The van der Waals surface area contributed by atoms with Gasteiger partial charge in [0.2, 0.25) is 5.95 Å². The van der Waals surface area contributed by atoms with Crippen molar-refractivity contribution in [2.75, 3.05) is 37.9 Å². The lowest BCUT2D eigenvalue weighted by Crippen LogP contribution is -2.52. The van der Waals surface area contributed by atoms with Gasteiger partial charge in [0, 0.05) is 59.9 Å². The molecular weight excluding hydrogens is 1600 g/mol. The molecule has 108 heavy (non-hydrogen) atoms. The first-order valence-corrected chi connectivity index (χ1v) is 43.4. The molecule has 14 heterocycles. The predicted molar refractivity (Wildman–Crippen MR) is 376 cm³/mol. The Morgan fingerprint density at radius 1 is 0.620 bits per heavy atom. The van der Waals surface area contributed by atoms with Crippen LogP contribution in [0, 0.1) is 34.6 Å². The predicted octanol–water partition coefficient (Wildman–Crippen LogP) is -2.60. The van der Waals surface area contributed by atoms with Gasteiger partial charge in [0.05, 0.1) is 63.3 Å². The molecule has 0 amide bonds. The van der Waals surface area contributed by atoms with E-state index in [2.05, 4.69) is 41.8 Å². The second-order valence-corrected chi connectivity index (χ2v) is 37.9. The normalized spacial score (nSPS) is 35.6. The van der Waals surface area contributed by atoms with E-state index >= 15 is 4.89 Å². The number of nitrogen functional groups attached to an aromatic ring is 2. The highest BCUT2D eigenvalue weighted by Gasteiger charge is 2.70. The van der Waals surface area contributed by atoms with E-state index in [0.717, 1.165) is 30.8 Å². The van der Waals surface area contributed by atoms with Gasteiger partial charge >= 0.3 is 29.5 Å². The Balaban J connectivity index is 0.727. The van der Waals surface area contributed by atoms with Crippen molar-refractivity contribution in [3.63, 3.8) is 0 Å². The minimum absolute atomic E-state index is 0.0203. The van der Waals surface area contributed by atoms with Gasteiger partial charge < -0.3 is 120 Å². The Bertz CT molecular complexity index is 5310. The number of H-pyrrole nitrogens is 4. The molecule has 0 aliphatic carbocycles. The molecule has 590 valence electrons. The lowest BCUT2D eigenvalue weighted by atomic mass is 9.94. The largest absolute Gasteiger partial charge is 0.780 e. The molecule has 8 aliphatic rings. The van der Waals surface area contributed by atoms with Crippen LogP contribution in [0.3, 0.4) is 0 Å². The van der Waals surface area contributed by atoms with Crippen LogP contribution in [0.15, 0.2) is 69.5 Å². The molecule has 8 saturated heterocycles. The molecule has 0 saturated carbocycles. The minimum atomic E-state index is -5.18. The van der Waals surface area contributed by atoms with Crippen molar-refractivity contribution in [2.45, 2.75) is 195 Å². The zero-order valence-corrected chi connectivity index (χ0v) is 64.4. The zero-order chi connectivity index (χ0) is 77.8. The third kappa shape index (κ3) is 14.4. The highest BCUT2D eigenvalue weighted by molar-refractivity contribution is 8.32. The first-order valence-electron chi connectivity index (χ1n) is 33.1. The van der Waals surface area contributed by atoms with Gasteiger partial charge in [-0.15, -0.1) is 0 Å². The fourth-order valence-electron chi connectivity index (χ4n) is 14.5. The number of aromatic nitrogens is 12. The van der Waals surface area contributed by atoms with Crippen LogP contribution in [-0.2, 0) is 126 Å².